The van der Waals surface area contributed by atoms with Crippen LogP contribution in [0.4, 0.5) is 0 Å². The fourth-order valence-corrected chi connectivity index (χ4v) is 3.63. The zero-order valence-corrected chi connectivity index (χ0v) is 17.7. The van der Waals surface area contributed by atoms with Gasteiger partial charge in [-0.1, -0.05) is 24.3 Å². The van der Waals surface area contributed by atoms with Crippen molar-refractivity contribution in [3.05, 3.63) is 35.4 Å². The molecule has 0 aromatic heterocycles. The minimum absolute atomic E-state index is 0.302. The van der Waals surface area contributed by atoms with Crippen LogP contribution < -0.4 is 10.6 Å². The molecule has 3 rings (SSSR count). The SMILES string of the molecule is CN=C(NCCCOCC1CCCO1)NCc1cccc(CN2CCOCC2)c1. The van der Waals surface area contributed by atoms with Crippen LogP contribution in [0.5, 0.6) is 0 Å². The molecule has 1 atom stereocenters. The normalized spacial score (nSPS) is 20.7. The van der Waals surface area contributed by atoms with Crippen molar-refractivity contribution >= 4 is 5.96 Å². The summed E-state index contributed by atoms with van der Waals surface area (Å²) in [5, 5.41) is 6.75. The molecule has 1 unspecified atom stereocenters. The molecule has 0 radical (unpaired) electrons. The van der Waals surface area contributed by atoms with Crippen molar-refractivity contribution in [1.29, 1.82) is 0 Å². The molecule has 2 aliphatic rings. The molecule has 2 saturated heterocycles. The van der Waals surface area contributed by atoms with E-state index < -0.39 is 0 Å². The second-order valence-electron chi connectivity index (χ2n) is 7.62. The molecular weight excluding hydrogens is 368 g/mol. The smallest absolute Gasteiger partial charge is 0.191 e. The van der Waals surface area contributed by atoms with Gasteiger partial charge >= 0.3 is 0 Å². The Hall–Kier alpha value is -1.67. The number of nitrogens with zero attached hydrogens (tertiary/aromatic N) is 2. The molecule has 2 N–H and O–H groups in total. The van der Waals surface area contributed by atoms with Gasteiger partial charge in [0.05, 0.1) is 25.9 Å². The lowest BCUT2D eigenvalue weighted by atomic mass is 10.1. The van der Waals surface area contributed by atoms with E-state index in [1.165, 1.54) is 11.1 Å². The van der Waals surface area contributed by atoms with Gasteiger partial charge in [0.15, 0.2) is 5.96 Å². The third-order valence-electron chi connectivity index (χ3n) is 5.27. The highest BCUT2D eigenvalue weighted by molar-refractivity contribution is 5.79. The van der Waals surface area contributed by atoms with Crippen LogP contribution in [0.15, 0.2) is 29.3 Å². The summed E-state index contributed by atoms with van der Waals surface area (Å²) in [6.07, 6.45) is 3.54. The Bertz CT molecular complexity index is 614. The highest BCUT2D eigenvalue weighted by Crippen LogP contribution is 2.12. The summed E-state index contributed by atoms with van der Waals surface area (Å²) in [7, 11) is 1.80. The van der Waals surface area contributed by atoms with Crippen LogP contribution in [0.3, 0.4) is 0 Å². The average Bonchev–Trinajstić information content (AvgIpc) is 3.27. The molecule has 2 fully saturated rings. The maximum absolute atomic E-state index is 5.70. The van der Waals surface area contributed by atoms with Crippen molar-refractivity contribution in [2.75, 3.05) is 59.7 Å². The highest BCUT2D eigenvalue weighted by atomic mass is 16.5. The molecule has 0 amide bonds. The van der Waals surface area contributed by atoms with Crippen molar-refractivity contribution in [1.82, 2.24) is 15.5 Å². The number of aliphatic imine (C=N–C) groups is 1. The summed E-state index contributed by atoms with van der Waals surface area (Å²) in [5.74, 6) is 0.822. The van der Waals surface area contributed by atoms with E-state index in [1.54, 1.807) is 7.05 Å². The van der Waals surface area contributed by atoms with E-state index in [9.17, 15) is 0 Å². The summed E-state index contributed by atoms with van der Waals surface area (Å²) in [6, 6.07) is 8.76. The van der Waals surface area contributed by atoms with Crippen molar-refractivity contribution in [2.24, 2.45) is 4.99 Å². The predicted octanol–water partition coefficient (Wildman–Crippen LogP) is 1.77. The first-order valence-electron chi connectivity index (χ1n) is 10.9. The summed E-state index contributed by atoms with van der Waals surface area (Å²) >= 11 is 0. The fourth-order valence-electron chi connectivity index (χ4n) is 3.63. The van der Waals surface area contributed by atoms with Crippen molar-refractivity contribution < 1.29 is 14.2 Å². The Labute approximate surface area is 174 Å². The second kappa shape index (κ2) is 12.8. The van der Waals surface area contributed by atoms with Crippen LogP contribution >= 0.6 is 0 Å². The predicted molar refractivity (Wildman–Crippen MR) is 115 cm³/mol. The van der Waals surface area contributed by atoms with Gasteiger partial charge in [-0.2, -0.15) is 0 Å². The summed E-state index contributed by atoms with van der Waals surface area (Å²) in [6.45, 7) is 8.61. The Morgan fingerprint density at radius 2 is 2.07 bits per heavy atom. The molecule has 2 aliphatic heterocycles. The standard InChI is InChI=1S/C22H36N4O3/c1-23-22(24-8-4-11-28-18-21-7-3-12-29-21)25-16-19-5-2-6-20(15-19)17-26-9-13-27-14-10-26/h2,5-6,15,21H,3-4,7-14,16-18H2,1H3,(H2,23,24,25). The van der Waals surface area contributed by atoms with Crippen LogP contribution in [-0.4, -0.2) is 76.7 Å². The number of rotatable bonds is 10. The van der Waals surface area contributed by atoms with Gasteiger partial charge in [0.1, 0.15) is 0 Å². The fraction of sp³-hybridized carbons (Fsp3) is 0.682. The van der Waals surface area contributed by atoms with Gasteiger partial charge < -0.3 is 24.8 Å². The number of nitrogens with one attached hydrogen (secondary N) is 2. The summed E-state index contributed by atoms with van der Waals surface area (Å²) < 4.78 is 16.7. The highest BCUT2D eigenvalue weighted by Gasteiger charge is 2.15. The number of benzene rings is 1. The zero-order valence-electron chi connectivity index (χ0n) is 17.7. The molecule has 0 bridgehead atoms. The molecule has 29 heavy (non-hydrogen) atoms. The second-order valence-corrected chi connectivity index (χ2v) is 7.62. The molecule has 0 aliphatic carbocycles. The molecular formula is C22H36N4O3. The third-order valence-corrected chi connectivity index (χ3v) is 5.27. The first-order chi connectivity index (χ1) is 14.3. The van der Waals surface area contributed by atoms with E-state index in [4.69, 9.17) is 14.2 Å². The maximum atomic E-state index is 5.70. The number of guanidine groups is 1. The van der Waals surface area contributed by atoms with E-state index in [0.717, 1.165) is 84.4 Å². The molecule has 7 nitrogen and oxygen atoms in total. The van der Waals surface area contributed by atoms with Gasteiger partial charge in [0, 0.05) is 53.0 Å². The van der Waals surface area contributed by atoms with E-state index in [1.807, 2.05) is 0 Å². The average molecular weight is 405 g/mol. The first-order valence-corrected chi connectivity index (χ1v) is 10.9. The molecule has 162 valence electrons. The Morgan fingerprint density at radius 1 is 1.21 bits per heavy atom. The van der Waals surface area contributed by atoms with Gasteiger partial charge in [-0.05, 0) is 30.4 Å². The number of morpholine rings is 1. The van der Waals surface area contributed by atoms with Crippen LogP contribution in [0.2, 0.25) is 0 Å². The van der Waals surface area contributed by atoms with Crippen molar-refractivity contribution in [3.8, 4) is 0 Å². The Kier molecular flexibility index (Phi) is 9.72. The van der Waals surface area contributed by atoms with Crippen LogP contribution in [0, 0.1) is 0 Å². The van der Waals surface area contributed by atoms with Gasteiger partial charge in [-0.15, -0.1) is 0 Å². The maximum Gasteiger partial charge on any atom is 0.191 e. The summed E-state index contributed by atoms with van der Waals surface area (Å²) in [5.41, 5.74) is 2.61. The van der Waals surface area contributed by atoms with Crippen LogP contribution in [0.1, 0.15) is 30.4 Å². The minimum atomic E-state index is 0.302. The first kappa shape index (κ1) is 22.0. The molecule has 7 heteroatoms. The van der Waals surface area contributed by atoms with E-state index >= 15 is 0 Å². The molecule has 2 heterocycles. The topological polar surface area (TPSA) is 67.4 Å². The monoisotopic (exact) mass is 404 g/mol. The van der Waals surface area contributed by atoms with Gasteiger partial charge in [0.25, 0.3) is 0 Å². The van der Waals surface area contributed by atoms with Gasteiger partial charge in [-0.3, -0.25) is 9.89 Å². The van der Waals surface area contributed by atoms with E-state index in [2.05, 4.69) is 44.8 Å². The largest absolute Gasteiger partial charge is 0.379 e. The molecule has 1 aromatic carbocycles. The Balaban J connectivity index is 1.30. The number of hydrogen-bond donors (Lipinski definition) is 2. The van der Waals surface area contributed by atoms with Crippen LogP contribution in [-0.2, 0) is 27.3 Å². The van der Waals surface area contributed by atoms with E-state index in [-0.39, 0.29) is 0 Å². The molecule has 0 saturated carbocycles. The van der Waals surface area contributed by atoms with Gasteiger partial charge in [-0.25, -0.2) is 0 Å². The van der Waals surface area contributed by atoms with Crippen molar-refractivity contribution in [2.45, 2.75) is 38.5 Å². The number of ether oxygens (including phenoxy) is 3. The lowest BCUT2D eigenvalue weighted by Gasteiger charge is -2.26. The zero-order chi connectivity index (χ0) is 20.2. The summed E-state index contributed by atoms with van der Waals surface area (Å²) in [4.78, 5) is 6.75. The van der Waals surface area contributed by atoms with E-state index in [0.29, 0.717) is 12.7 Å². The third kappa shape index (κ3) is 8.30. The Morgan fingerprint density at radius 3 is 2.86 bits per heavy atom. The lowest BCUT2D eigenvalue weighted by molar-refractivity contribution is 0.0168. The minimum Gasteiger partial charge on any atom is -0.379 e. The number of hydrogen-bond acceptors (Lipinski definition) is 5. The lowest BCUT2D eigenvalue weighted by Crippen LogP contribution is -2.37. The van der Waals surface area contributed by atoms with Crippen LogP contribution in [0.25, 0.3) is 0 Å². The van der Waals surface area contributed by atoms with Gasteiger partial charge in [0.2, 0.25) is 0 Å². The van der Waals surface area contributed by atoms with Crippen molar-refractivity contribution in [3.63, 3.8) is 0 Å². The quantitative estimate of drug-likeness (QED) is 0.352. The molecule has 0 spiro atoms. The molecule has 1 aromatic rings.